The molecule has 2 heterocycles. The van der Waals surface area contributed by atoms with Crippen LogP contribution >= 0.6 is 11.6 Å². The van der Waals surface area contributed by atoms with Crippen molar-refractivity contribution >= 4 is 22.6 Å². The lowest BCUT2D eigenvalue weighted by Gasteiger charge is -2.25. The third kappa shape index (κ3) is 2.29. The monoisotopic (exact) mass is 252 g/mol. The van der Waals surface area contributed by atoms with Crippen LogP contribution in [-0.2, 0) is 11.3 Å². The zero-order valence-electron chi connectivity index (χ0n) is 9.36. The Balaban J connectivity index is 1.86. The molecule has 1 aromatic carbocycles. The van der Waals surface area contributed by atoms with Gasteiger partial charge in [0.05, 0.1) is 13.2 Å². The lowest BCUT2D eigenvalue weighted by atomic mass is 10.2. The van der Waals surface area contributed by atoms with E-state index in [4.69, 9.17) is 20.9 Å². The molecular weight excluding hydrogens is 240 g/mol. The Kier molecular flexibility index (Phi) is 3.01. The molecular formula is C12H13ClN2O2. The largest absolute Gasteiger partial charge is 0.379 e. The average Bonchev–Trinajstić information content (AvgIpc) is 2.73. The molecule has 1 aliphatic heterocycles. The number of rotatable bonds is 2. The molecule has 1 aromatic heterocycles. The van der Waals surface area contributed by atoms with Gasteiger partial charge in [-0.3, -0.25) is 4.90 Å². The molecule has 0 saturated carbocycles. The second-order valence-corrected chi connectivity index (χ2v) is 4.59. The molecule has 1 fully saturated rings. The van der Waals surface area contributed by atoms with Crippen LogP contribution in [0.1, 0.15) is 5.69 Å². The highest BCUT2D eigenvalue weighted by Gasteiger charge is 2.15. The van der Waals surface area contributed by atoms with Crippen molar-refractivity contribution in [3.8, 4) is 0 Å². The molecule has 0 radical (unpaired) electrons. The first-order valence-corrected chi connectivity index (χ1v) is 6.04. The van der Waals surface area contributed by atoms with E-state index in [2.05, 4.69) is 10.1 Å². The number of benzene rings is 1. The second-order valence-electron chi connectivity index (χ2n) is 4.16. The first kappa shape index (κ1) is 11.0. The van der Waals surface area contributed by atoms with Crippen LogP contribution in [0.3, 0.4) is 0 Å². The Labute approximate surface area is 104 Å². The topological polar surface area (TPSA) is 38.5 Å². The van der Waals surface area contributed by atoms with Gasteiger partial charge in [-0.25, -0.2) is 0 Å². The SMILES string of the molecule is Clc1ccc2onc(CN3CCOCC3)c2c1. The van der Waals surface area contributed by atoms with Crippen molar-refractivity contribution < 1.29 is 9.26 Å². The van der Waals surface area contributed by atoms with Gasteiger partial charge in [0, 0.05) is 30.0 Å². The Morgan fingerprint density at radius 2 is 2.12 bits per heavy atom. The molecule has 0 unspecified atom stereocenters. The maximum absolute atomic E-state index is 5.99. The van der Waals surface area contributed by atoms with E-state index < -0.39 is 0 Å². The number of hydrogen-bond donors (Lipinski definition) is 0. The fourth-order valence-corrected chi connectivity index (χ4v) is 2.22. The highest BCUT2D eigenvalue weighted by molar-refractivity contribution is 6.31. The summed E-state index contributed by atoms with van der Waals surface area (Å²) in [7, 11) is 0. The van der Waals surface area contributed by atoms with Crippen LogP contribution in [0.5, 0.6) is 0 Å². The standard InChI is InChI=1S/C12H13ClN2O2/c13-9-1-2-12-10(7-9)11(14-17-12)8-15-3-5-16-6-4-15/h1-2,7H,3-6,8H2. The molecule has 5 heteroatoms. The summed E-state index contributed by atoms with van der Waals surface area (Å²) in [5.41, 5.74) is 1.74. The van der Waals surface area contributed by atoms with Gasteiger partial charge in [0.1, 0.15) is 5.69 Å². The molecule has 17 heavy (non-hydrogen) atoms. The van der Waals surface area contributed by atoms with E-state index in [1.165, 1.54) is 0 Å². The zero-order chi connectivity index (χ0) is 11.7. The summed E-state index contributed by atoms with van der Waals surface area (Å²) in [6.07, 6.45) is 0. The highest BCUT2D eigenvalue weighted by atomic mass is 35.5. The van der Waals surface area contributed by atoms with Crippen molar-refractivity contribution in [2.75, 3.05) is 26.3 Å². The predicted octanol–water partition coefficient (Wildman–Crippen LogP) is 2.31. The van der Waals surface area contributed by atoms with E-state index >= 15 is 0 Å². The Hall–Kier alpha value is -1.10. The number of morpholine rings is 1. The van der Waals surface area contributed by atoms with Crippen LogP contribution < -0.4 is 0 Å². The molecule has 0 amide bonds. The predicted molar refractivity (Wildman–Crippen MR) is 65.1 cm³/mol. The Bertz CT molecular complexity index is 520. The van der Waals surface area contributed by atoms with E-state index in [0.29, 0.717) is 5.02 Å². The summed E-state index contributed by atoms with van der Waals surface area (Å²) in [6.45, 7) is 4.24. The normalized spacial score (nSPS) is 17.7. The van der Waals surface area contributed by atoms with E-state index in [0.717, 1.165) is 49.5 Å². The van der Waals surface area contributed by atoms with Gasteiger partial charge in [-0.1, -0.05) is 16.8 Å². The maximum atomic E-state index is 5.99. The number of aromatic nitrogens is 1. The van der Waals surface area contributed by atoms with Crippen molar-refractivity contribution in [1.29, 1.82) is 0 Å². The molecule has 0 bridgehead atoms. The van der Waals surface area contributed by atoms with Crippen molar-refractivity contribution in [3.63, 3.8) is 0 Å². The summed E-state index contributed by atoms with van der Waals surface area (Å²) < 4.78 is 10.6. The van der Waals surface area contributed by atoms with Crippen LogP contribution in [0.15, 0.2) is 22.7 Å². The number of fused-ring (bicyclic) bond motifs is 1. The fraction of sp³-hybridized carbons (Fsp3) is 0.417. The fourth-order valence-electron chi connectivity index (χ4n) is 2.05. The Morgan fingerprint density at radius 3 is 2.94 bits per heavy atom. The van der Waals surface area contributed by atoms with Gasteiger partial charge in [0.15, 0.2) is 5.58 Å². The maximum Gasteiger partial charge on any atom is 0.167 e. The zero-order valence-corrected chi connectivity index (χ0v) is 10.1. The molecule has 0 spiro atoms. The first-order chi connectivity index (χ1) is 8.33. The summed E-state index contributed by atoms with van der Waals surface area (Å²) in [6, 6.07) is 5.57. The molecule has 3 rings (SSSR count). The summed E-state index contributed by atoms with van der Waals surface area (Å²) in [4.78, 5) is 2.31. The Morgan fingerprint density at radius 1 is 1.29 bits per heavy atom. The molecule has 1 saturated heterocycles. The van der Waals surface area contributed by atoms with Crippen LogP contribution in [0, 0.1) is 0 Å². The first-order valence-electron chi connectivity index (χ1n) is 5.67. The molecule has 2 aromatic rings. The summed E-state index contributed by atoms with van der Waals surface area (Å²) >= 11 is 5.99. The van der Waals surface area contributed by atoms with E-state index in [-0.39, 0.29) is 0 Å². The van der Waals surface area contributed by atoms with E-state index in [9.17, 15) is 0 Å². The van der Waals surface area contributed by atoms with Gasteiger partial charge >= 0.3 is 0 Å². The highest BCUT2D eigenvalue weighted by Crippen LogP contribution is 2.23. The van der Waals surface area contributed by atoms with Crippen LogP contribution in [0.25, 0.3) is 11.0 Å². The molecule has 0 atom stereocenters. The van der Waals surface area contributed by atoms with Gasteiger partial charge in [0.25, 0.3) is 0 Å². The number of halogens is 1. The smallest absolute Gasteiger partial charge is 0.167 e. The number of hydrogen-bond acceptors (Lipinski definition) is 4. The average molecular weight is 253 g/mol. The minimum atomic E-state index is 0.712. The van der Waals surface area contributed by atoms with E-state index in [1.54, 1.807) is 0 Å². The quantitative estimate of drug-likeness (QED) is 0.822. The third-order valence-corrected chi connectivity index (χ3v) is 3.22. The van der Waals surface area contributed by atoms with Gasteiger partial charge < -0.3 is 9.26 Å². The van der Waals surface area contributed by atoms with Crippen molar-refractivity contribution in [3.05, 3.63) is 28.9 Å². The molecule has 1 aliphatic rings. The summed E-state index contributed by atoms with van der Waals surface area (Å²) in [5.74, 6) is 0. The lowest BCUT2D eigenvalue weighted by molar-refractivity contribution is 0.0334. The summed E-state index contributed by atoms with van der Waals surface area (Å²) in [5, 5.41) is 5.83. The minimum Gasteiger partial charge on any atom is -0.379 e. The van der Waals surface area contributed by atoms with Crippen molar-refractivity contribution in [2.45, 2.75) is 6.54 Å². The van der Waals surface area contributed by atoms with Gasteiger partial charge in [-0.05, 0) is 18.2 Å². The van der Waals surface area contributed by atoms with Gasteiger partial charge in [-0.15, -0.1) is 0 Å². The molecule has 90 valence electrons. The van der Waals surface area contributed by atoms with Gasteiger partial charge in [-0.2, -0.15) is 0 Å². The lowest BCUT2D eigenvalue weighted by Crippen LogP contribution is -2.35. The number of ether oxygens (including phenoxy) is 1. The van der Waals surface area contributed by atoms with Crippen LogP contribution in [0.4, 0.5) is 0 Å². The molecule has 0 N–H and O–H groups in total. The minimum absolute atomic E-state index is 0.712. The van der Waals surface area contributed by atoms with E-state index in [1.807, 2.05) is 18.2 Å². The number of nitrogens with zero attached hydrogens (tertiary/aromatic N) is 2. The molecule has 0 aliphatic carbocycles. The van der Waals surface area contributed by atoms with Crippen molar-refractivity contribution in [1.82, 2.24) is 10.1 Å². The molecule has 4 nitrogen and oxygen atoms in total. The van der Waals surface area contributed by atoms with Gasteiger partial charge in [0.2, 0.25) is 0 Å². The third-order valence-electron chi connectivity index (χ3n) is 2.98. The van der Waals surface area contributed by atoms with Crippen LogP contribution in [0.2, 0.25) is 5.02 Å². The van der Waals surface area contributed by atoms with Crippen LogP contribution in [-0.4, -0.2) is 36.4 Å². The second kappa shape index (κ2) is 4.64. The van der Waals surface area contributed by atoms with Crippen molar-refractivity contribution in [2.24, 2.45) is 0 Å².